The minimum absolute atomic E-state index is 0.267. The van der Waals surface area contributed by atoms with Gasteiger partial charge < -0.3 is 5.73 Å². The van der Waals surface area contributed by atoms with E-state index in [1.54, 1.807) is 0 Å². The maximum absolute atomic E-state index is 13.7. The van der Waals surface area contributed by atoms with Crippen molar-refractivity contribution in [3.05, 3.63) is 23.8 Å². The summed E-state index contributed by atoms with van der Waals surface area (Å²) in [6.07, 6.45) is 0. The van der Waals surface area contributed by atoms with Crippen LogP contribution in [0.25, 0.3) is 0 Å². The molecule has 0 bridgehead atoms. The number of benzene rings is 1. The molecule has 2 amide bonds. The van der Waals surface area contributed by atoms with E-state index in [1.807, 2.05) is 13.8 Å². The molecule has 2 N–H and O–H groups in total. The summed E-state index contributed by atoms with van der Waals surface area (Å²) in [6, 6.07) is 1.57. The van der Waals surface area contributed by atoms with Gasteiger partial charge in [0.2, 0.25) is 11.8 Å². The van der Waals surface area contributed by atoms with E-state index in [9.17, 15) is 18.4 Å². The number of anilines is 2. The number of imide groups is 1. The molecular weight excluding hydrogens is 254 g/mol. The van der Waals surface area contributed by atoms with E-state index in [2.05, 4.69) is 0 Å². The molecule has 1 saturated carbocycles. The van der Waals surface area contributed by atoms with E-state index in [4.69, 9.17) is 5.73 Å². The summed E-state index contributed by atoms with van der Waals surface area (Å²) in [6.45, 7) is 3.65. The lowest BCUT2D eigenvalue weighted by atomic mass is 10.0. The number of carbonyl (C=O) groups is 2. The standard InChI is InChI=1S/C13H12F2N2O2/c1-13(2)9-10(13)12(19)17(11(9)18)8-4-7(16)5(14)3-6(8)15/h3-4,9-10H,16H2,1-2H3. The molecule has 6 heteroatoms. The van der Waals surface area contributed by atoms with Gasteiger partial charge in [-0.3, -0.25) is 9.59 Å². The molecule has 2 unspecified atom stereocenters. The topological polar surface area (TPSA) is 63.4 Å². The summed E-state index contributed by atoms with van der Waals surface area (Å²) < 4.78 is 26.8. The van der Waals surface area contributed by atoms with Gasteiger partial charge in [0.1, 0.15) is 11.6 Å². The van der Waals surface area contributed by atoms with Crippen LogP contribution in [0.2, 0.25) is 0 Å². The van der Waals surface area contributed by atoms with Crippen LogP contribution in [0.15, 0.2) is 12.1 Å². The third kappa shape index (κ3) is 1.37. The molecule has 0 spiro atoms. The molecule has 2 aliphatic rings. The van der Waals surface area contributed by atoms with Gasteiger partial charge in [0.15, 0.2) is 0 Å². The van der Waals surface area contributed by atoms with Crippen LogP contribution in [0.1, 0.15) is 13.8 Å². The van der Waals surface area contributed by atoms with Crippen molar-refractivity contribution in [2.75, 3.05) is 10.6 Å². The van der Waals surface area contributed by atoms with E-state index in [-0.39, 0.29) is 16.8 Å². The number of halogens is 2. The smallest absolute Gasteiger partial charge is 0.238 e. The Morgan fingerprint density at radius 1 is 1.11 bits per heavy atom. The SMILES string of the molecule is CC1(C)C2C(=O)N(c3cc(N)c(F)cc3F)C(=O)C21. The third-order valence-corrected chi connectivity index (χ3v) is 4.11. The molecule has 0 radical (unpaired) electrons. The molecule has 2 atom stereocenters. The Balaban J connectivity index is 2.04. The van der Waals surface area contributed by atoms with Gasteiger partial charge in [0.25, 0.3) is 0 Å². The van der Waals surface area contributed by atoms with Gasteiger partial charge >= 0.3 is 0 Å². The van der Waals surface area contributed by atoms with Gasteiger partial charge in [-0.25, -0.2) is 13.7 Å². The lowest BCUT2D eigenvalue weighted by Gasteiger charge is -2.21. The quantitative estimate of drug-likeness (QED) is 0.621. The number of hydrogen-bond donors (Lipinski definition) is 1. The fourth-order valence-electron chi connectivity index (χ4n) is 2.91. The van der Waals surface area contributed by atoms with Gasteiger partial charge in [-0.15, -0.1) is 0 Å². The van der Waals surface area contributed by atoms with Crippen molar-refractivity contribution in [2.24, 2.45) is 17.3 Å². The zero-order valence-corrected chi connectivity index (χ0v) is 10.4. The summed E-state index contributed by atoms with van der Waals surface area (Å²) in [4.78, 5) is 25.0. The molecule has 1 aromatic carbocycles. The first-order chi connectivity index (χ1) is 8.76. The number of hydrogen-bond acceptors (Lipinski definition) is 3. The van der Waals surface area contributed by atoms with E-state index in [0.717, 1.165) is 11.0 Å². The van der Waals surface area contributed by atoms with E-state index in [1.165, 1.54) is 0 Å². The number of nitrogen functional groups attached to an aromatic ring is 1. The Labute approximate surface area is 108 Å². The molecule has 2 fully saturated rings. The van der Waals surface area contributed by atoms with Crippen LogP contribution in [0.3, 0.4) is 0 Å². The van der Waals surface area contributed by atoms with Crippen LogP contribution in [0.4, 0.5) is 20.2 Å². The number of rotatable bonds is 1. The van der Waals surface area contributed by atoms with E-state index < -0.39 is 35.3 Å². The Bertz CT molecular complexity index is 603. The van der Waals surface area contributed by atoms with Crippen molar-refractivity contribution >= 4 is 23.2 Å². The number of nitrogens with zero attached hydrogens (tertiary/aromatic N) is 1. The first-order valence-electron chi connectivity index (χ1n) is 5.89. The molecule has 1 heterocycles. The van der Waals surface area contributed by atoms with Crippen LogP contribution >= 0.6 is 0 Å². The van der Waals surface area contributed by atoms with Crippen molar-refractivity contribution in [2.45, 2.75) is 13.8 Å². The van der Waals surface area contributed by atoms with E-state index in [0.29, 0.717) is 6.07 Å². The Kier molecular flexibility index (Phi) is 2.11. The number of fused-ring (bicyclic) bond motifs is 1. The molecule has 1 aliphatic carbocycles. The normalized spacial score (nSPS) is 27.7. The lowest BCUT2D eigenvalue weighted by molar-refractivity contribution is -0.125. The predicted octanol–water partition coefficient (Wildman–Crippen LogP) is 1.69. The highest BCUT2D eigenvalue weighted by molar-refractivity contribution is 6.25. The lowest BCUT2D eigenvalue weighted by Crippen LogP contribution is -2.37. The number of piperidine rings is 1. The molecule has 1 aliphatic heterocycles. The third-order valence-electron chi connectivity index (χ3n) is 4.11. The molecular formula is C13H12F2N2O2. The van der Waals surface area contributed by atoms with Crippen LogP contribution < -0.4 is 10.6 Å². The van der Waals surface area contributed by atoms with Gasteiger partial charge in [-0.05, 0) is 11.5 Å². The molecule has 4 nitrogen and oxygen atoms in total. The van der Waals surface area contributed by atoms with Gasteiger partial charge in [0.05, 0.1) is 23.2 Å². The average molecular weight is 266 g/mol. The molecule has 100 valence electrons. The second-order valence-electron chi connectivity index (χ2n) is 5.61. The summed E-state index contributed by atoms with van der Waals surface area (Å²) >= 11 is 0. The summed E-state index contributed by atoms with van der Waals surface area (Å²) in [5, 5.41) is 0. The highest BCUT2D eigenvalue weighted by Gasteiger charge is 2.72. The Hall–Kier alpha value is -1.98. The van der Waals surface area contributed by atoms with Gasteiger partial charge in [-0.2, -0.15) is 0 Å². The van der Waals surface area contributed by atoms with Crippen LogP contribution in [0.5, 0.6) is 0 Å². The Morgan fingerprint density at radius 3 is 2.16 bits per heavy atom. The van der Waals surface area contributed by atoms with Crippen molar-refractivity contribution in [3.8, 4) is 0 Å². The largest absolute Gasteiger partial charge is 0.396 e. The van der Waals surface area contributed by atoms with Crippen molar-refractivity contribution in [1.82, 2.24) is 0 Å². The minimum Gasteiger partial charge on any atom is -0.396 e. The second kappa shape index (κ2) is 3.31. The zero-order chi connectivity index (χ0) is 14.1. The zero-order valence-electron chi connectivity index (χ0n) is 10.4. The molecule has 1 aromatic rings. The van der Waals surface area contributed by atoms with Gasteiger partial charge in [-0.1, -0.05) is 13.8 Å². The summed E-state index contributed by atoms with van der Waals surface area (Å²) in [5.74, 6) is -3.58. The van der Waals surface area contributed by atoms with E-state index >= 15 is 0 Å². The highest BCUT2D eigenvalue weighted by atomic mass is 19.1. The first-order valence-corrected chi connectivity index (χ1v) is 5.89. The van der Waals surface area contributed by atoms with Gasteiger partial charge in [0, 0.05) is 6.07 Å². The average Bonchev–Trinajstić information content (AvgIpc) is 2.76. The number of carbonyl (C=O) groups excluding carboxylic acids is 2. The predicted molar refractivity (Wildman–Crippen MR) is 64.0 cm³/mol. The minimum atomic E-state index is -0.965. The maximum Gasteiger partial charge on any atom is 0.238 e. The molecule has 19 heavy (non-hydrogen) atoms. The fraction of sp³-hybridized carbons (Fsp3) is 0.385. The molecule has 3 rings (SSSR count). The molecule has 1 saturated heterocycles. The van der Waals surface area contributed by atoms with Crippen molar-refractivity contribution < 1.29 is 18.4 Å². The van der Waals surface area contributed by atoms with Crippen LogP contribution in [-0.4, -0.2) is 11.8 Å². The first kappa shape index (κ1) is 12.1. The molecule has 0 aromatic heterocycles. The van der Waals surface area contributed by atoms with Crippen LogP contribution in [-0.2, 0) is 9.59 Å². The van der Waals surface area contributed by atoms with Crippen LogP contribution in [0, 0.1) is 28.9 Å². The second-order valence-corrected chi connectivity index (χ2v) is 5.61. The fourth-order valence-corrected chi connectivity index (χ4v) is 2.91. The van der Waals surface area contributed by atoms with Crippen molar-refractivity contribution in [3.63, 3.8) is 0 Å². The Morgan fingerprint density at radius 2 is 1.63 bits per heavy atom. The highest BCUT2D eigenvalue weighted by Crippen LogP contribution is 2.63. The monoisotopic (exact) mass is 266 g/mol. The summed E-state index contributed by atoms with van der Waals surface area (Å²) in [5.41, 5.74) is 4.43. The number of nitrogens with two attached hydrogens (primary N) is 1. The number of amides is 2. The maximum atomic E-state index is 13.7. The summed E-state index contributed by atoms with van der Waals surface area (Å²) in [7, 11) is 0. The van der Waals surface area contributed by atoms with Crippen molar-refractivity contribution in [1.29, 1.82) is 0 Å².